The number of nitrogens with zero attached hydrogens (tertiary/aromatic N) is 2. The maximum absolute atomic E-state index is 10.7. The topological polar surface area (TPSA) is 85.5 Å². The molecular weight excluding hydrogens is 404 g/mol. The maximum atomic E-state index is 10.7. The van der Waals surface area contributed by atoms with E-state index in [4.69, 9.17) is 19.4 Å². The third-order valence-electron chi connectivity index (χ3n) is 5.12. The standard InChI is InChI=1S/C26H24N2O4/c29-24(30)18-31-22-15-7-9-19(17-22)10-8-16-23-27-26(32-28-23)25(20-11-3-1-4-12-20)21-13-5-2-6-14-21/h1-7,9,11-15,17,25H,8,10,16,18H2,(H,29,30). The molecule has 0 radical (unpaired) electrons. The highest BCUT2D eigenvalue weighted by molar-refractivity contribution is 5.68. The van der Waals surface area contributed by atoms with Gasteiger partial charge in [-0.15, -0.1) is 0 Å². The molecule has 0 spiro atoms. The largest absolute Gasteiger partial charge is 0.482 e. The van der Waals surface area contributed by atoms with Crippen molar-refractivity contribution in [3.63, 3.8) is 0 Å². The first kappa shape index (κ1) is 21.3. The van der Waals surface area contributed by atoms with Crippen molar-refractivity contribution in [3.8, 4) is 5.75 Å². The fourth-order valence-electron chi connectivity index (χ4n) is 3.64. The number of rotatable bonds is 10. The Morgan fingerprint density at radius 3 is 2.25 bits per heavy atom. The van der Waals surface area contributed by atoms with Gasteiger partial charge in [0.25, 0.3) is 0 Å². The molecular formula is C26H24N2O4. The highest BCUT2D eigenvalue weighted by Gasteiger charge is 2.22. The summed E-state index contributed by atoms with van der Waals surface area (Å²) in [5, 5.41) is 13.0. The van der Waals surface area contributed by atoms with E-state index in [2.05, 4.69) is 29.4 Å². The number of ether oxygens (including phenoxy) is 1. The smallest absolute Gasteiger partial charge is 0.341 e. The molecule has 0 aliphatic heterocycles. The van der Waals surface area contributed by atoms with Gasteiger partial charge in [-0.3, -0.25) is 0 Å². The Bertz CT molecular complexity index is 1100. The fourth-order valence-corrected chi connectivity index (χ4v) is 3.64. The van der Waals surface area contributed by atoms with E-state index < -0.39 is 5.97 Å². The third kappa shape index (κ3) is 5.60. The number of carbonyl (C=O) groups is 1. The van der Waals surface area contributed by atoms with Gasteiger partial charge in [-0.2, -0.15) is 4.98 Å². The summed E-state index contributed by atoms with van der Waals surface area (Å²) in [6.07, 6.45) is 2.32. The van der Waals surface area contributed by atoms with E-state index in [9.17, 15) is 4.79 Å². The monoisotopic (exact) mass is 428 g/mol. The summed E-state index contributed by atoms with van der Waals surface area (Å²) in [5.41, 5.74) is 3.28. The predicted molar refractivity (Wildman–Crippen MR) is 120 cm³/mol. The van der Waals surface area contributed by atoms with E-state index in [0.717, 1.165) is 29.5 Å². The number of carboxylic acids is 1. The lowest BCUT2D eigenvalue weighted by molar-refractivity contribution is -0.139. The Morgan fingerprint density at radius 1 is 0.906 bits per heavy atom. The van der Waals surface area contributed by atoms with Gasteiger partial charge in [-0.25, -0.2) is 4.79 Å². The molecule has 0 saturated carbocycles. The van der Waals surface area contributed by atoms with Gasteiger partial charge in [0.05, 0.1) is 5.92 Å². The molecule has 0 saturated heterocycles. The van der Waals surface area contributed by atoms with Crippen molar-refractivity contribution in [2.24, 2.45) is 0 Å². The molecule has 3 aromatic carbocycles. The zero-order valence-electron chi connectivity index (χ0n) is 17.6. The van der Waals surface area contributed by atoms with E-state index in [1.807, 2.05) is 54.6 Å². The molecule has 0 aliphatic carbocycles. The van der Waals surface area contributed by atoms with Crippen molar-refractivity contribution < 1.29 is 19.2 Å². The van der Waals surface area contributed by atoms with Gasteiger partial charge in [0.15, 0.2) is 12.4 Å². The molecule has 4 rings (SSSR count). The summed E-state index contributed by atoms with van der Waals surface area (Å²) in [6.45, 7) is -0.348. The number of carboxylic acid groups (broad SMARTS) is 1. The van der Waals surface area contributed by atoms with E-state index in [1.54, 1.807) is 6.07 Å². The van der Waals surface area contributed by atoms with Crippen molar-refractivity contribution in [1.29, 1.82) is 0 Å². The van der Waals surface area contributed by atoms with Crippen LogP contribution in [0.5, 0.6) is 5.75 Å². The summed E-state index contributed by atoms with van der Waals surface area (Å²) in [5.74, 6) is 0.714. The SMILES string of the molecule is O=C(O)COc1cccc(CCCc2noc(C(c3ccccc3)c3ccccc3)n2)c1. The Kier molecular flexibility index (Phi) is 6.92. The molecule has 6 heteroatoms. The van der Waals surface area contributed by atoms with E-state index in [-0.39, 0.29) is 12.5 Å². The van der Waals surface area contributed by atoms with Crippen LogP contribution in [0.15, 0.2) is 89.5 Å². The van der Waals surface area contributed by atoms with Crippen LogP contribution >= 0.6 is 0 Å². The van der Waals surface area contributed by atoms with Crippen LogP contribution in [-0.2, 0) is 17.6 Å². The molecule has 0 atom stereocenters. The molecule has 1 N–H and O–H groups in total. The zero-order valence-corrected chi connectivity index (χ0v) is 17.6. The summed E-state index contributed by atoms with van der Waals surface area (Å²) >= 11 is 0. The normalized spacial score (nSPS) is 10.9. The molecule has 0 amide bonds. The highest BCUT2D eigenvalue weighted by Crippen LogP contribution is 2.30. The van der Waals surface area contributed by atoms with Crippen LogP contribution in [0.25, 0.3) is 0 Å². The van der Waals surface area contributed by atoms with Gasteiger partial charge < -0.3 is 14.4 Å². The molecule has 0 fully saturated rings. The number of aliphatic carboxylic acids is 1. The van der Waals surface area contributed by atoms with Crippen molar-refractivity contribution in [3.05, 3.63) is 113 Å². The third-order valence-corrected chi connectivity index (χ3v) is 5.12. The van der Waals surface area contributed by atoms with Gasteiger partial charge in [0.1, 0.15) is 5.75 Å². The minimum absolute atomic E-state index is 0.110. The van der Waals surface area contributed by atoms with Crippen molar-refractivity contribution in [1.82, 2.24) is 10.1 Å². The summed E-state index contributed by atoms with van der Waals surface area (Å²) in [6, 6.07) is 27.8. The van der Waals surface area contributed by atoms with Crippen molar-refractivity contribution >= 4 is 5.97 Å². The molecule has 4 aromatic rings. The van der Waals surface area contributed by atoms with Gasteiger partial charge in [-0.1, -0.05) is 78.0 Å². The lowest BCUT2D eigenvalue weighted by Crippen LogP contribution is -2.09. The average molecular weight is 428 g/mol. The molecule has 0 unspecified atom stereocenters. The number of aryl methyl sites for hydroxylation is 2. The lowest BCUT2D eigenvalue weighted by atomic mass is 9.91. The molecule has 0 aliphatic rings. The van der Waals surface area contributed by atoms with E-state index in [1.165, 1.54) is 0 Å². The van der Waals surface area contributed by atoms with Crippen LogP contribution < -0.4 is 4.74 Å². The van der Waals surface area contributed by atoms with Crippen LogP contribution in [-0.4, -0.2) is 27.8 Å². The Hall–Kier alpha value is -3.93. The fraction of sp³-hybridized carbons (Fsp3) is 0.192. The molecule has 32 heavy (non-hydrogen) atoms. The second kappa shape index (κ2) is 10.4. The predicted octanol–water partition coefficient (Wildman–Crippen LogP) is 4.89. The average Bonchev–Trinajstić information content (AvgIpc) is 3.28. The summed E-state index contributed by atoms with van der Waals surface area (Å²) in [4.78, 5) is 15.4. The molecule has 1 heterocycles. The van der Waals surface area contributed by atoms with E-state index in [0.29, 0.717) is 23.9 Å². The Balaban J connectivity index is 1.42. The number of benzene rings is 3. The second-order valence-electron chi connectivity index (χ2n) is 7.49. The Labute approximate surface area is 186 Å². The number of hydrogen-bond donors (Lipinski definition) is 1. The minimum atomic E-state index is -0.993. The van der Waals surface area contributed by atoms with Crippen LogP contribution in [0.1, 0.15) is 40.7 Å². The maximum Gasteiger partial charge on any atom is 0.341 e. The van der Waals surface area contributed by atoms with Gasteiger partial charge in [-0.05, 0) is 41.7 Å². The summed E-state index contributed by atoms with van der Waals surface area (Å²) in [7, 11) is 0. The molecule has 1 aromatic heterocycles. The number of aromatic nitrogens is 2. The molecule has 162 valence electrons. The molecule has 0 bridgehead atoms. The first-order valence-corrected chi connectivity index (χ1v) is 10.5. The molecule has 6 nitrogen and oxygen atoms in total. The minimum Gasteiger partial charge on any atom is -0.482 e. The van der Waals surface area contributed by atoms with Crippen molar-refractivity contribution in [2.75, 3.05) is 6.61 Å². The highest BCUT2D eigenvalue weighted by atomic mass is 16.5. The van der Waals surface area contributed by atoms with Crippen LogP contribution in [0, 0.1) is 0 Å². The first-order valence-electron chi connectivity index (χ1n) is 10.5. The van der Waals surface area contributed by atoms with Crippen LogP contribution in [0.2, 0.25) is 0 Å². The van der Waals surface area contributed by atoms with Crippen LogP contribution in [0.4, 0.5) is 0 Å². The summed E-state index contributed by atoms with van der Waals surface area (Å²) < 4.78 is 10.9. The van der Waals surface area contributed by atoms with Gasteiger partial charge in [0.2, 0.25) is 5.89 Å². The van der Waals surface area contributed by atoms with Crippen molar-refractivity contribution in [2.45, 2.75) is 25.2 Å². The number of hydrogen-bond acceptors (Lipinski definition) is 5. The second-order valence-corrected chi connectivity index (χ2v) is 7.49. The lowest BCUT2D eigenvalue weighted by Gasteiger charge is -2.13. The Morgan fingerprint density at radius 2 is 1.59 bits per heavy atom. The zero-order chi connectivity index (χ0) is 22.2. The van der Waals surface area contributed by atoms with Gasteiger partial charge >= 0.3 is 5.97 Å². The van der Waals surface area contributed by atoms with Crippen LogP contribution in [0.3, 0.4) is 0 Å². The van der Waals surface area contributed by atoms with E-state index >= 15 is 0 Å². The first-order chi connectivity index (χ1) is 15.7. The van der Waals surface area contributed by atoms with Gasteiger partial charge in [0, 0.05) is 6.42 Å². The quantitative estimate of drug-likeness (QED) is 0.387.